The molecule has 0 spiro atoms. The number of fused-ring (bicyclic) bond motifs is 1. The van der Waals surface area contributed by atoms with Gasteiger partial charge in [0.25, 0.3) is 0 Å². The molecule has 2 aromatic heterocycles. The van der Waals surface area contributed by atoms with Crippen molar-refractivity contribution >= 4 is 0 Å². The molecule has 6 nitrogen and oxygen atoms in total. The molecule has 2 aromatic rings. The monoisotopic (exact) mass is 313 g/mol. The van der Waals surface area contributed by atoms with E-state index in [1.165, 1.54) is 30.7 Å². The van der Waals surface area contributed by atoms with E-state index < -0.39 is 0 Å². The zero-order valence-corrected chi connectivity index (χ0v) is 13.8. The maximum absolute atomic E-state index is 5.96. The number of hydrogen-bond donors (Lipinski definition) is 0. The summed E-state index contributed by atoms with van der Waals surface area (Å²) in [6, 6.07) is 1.06. The molecule has 0 radical (unpaired) electrons. The highest BCUT2D eigenvalue weighted by atomic mass is 16.5. The molecule has 1 atom stereocenters. The molecule has 122 valence electrons. The Bertz CT molecular complexity index is 694. The van der Waals surface area contributed by atoms with Gasteiger partial charge in [0, 0.05) is 37.9 Å². The van der Waals surface area contributed by atoms with Gasteiger partial charge in [-0.2, -0.15) is 0 Å². The quantitative estimate of drug-likeness (QED) is 0.862. The van der Waals surface area contributed by atoms with Crippen LogP contribution in [0.25, 0.3) is 0 Å². The van der Waals surface area contributed by atoms with Gasteiger partial charge >= 0.3 is 0 Å². The standard InChI is InChI=1S/C17H23N5O/c1-12-7-18-8-17(20-12)23-10-14-6-16-15(19-11-21(16)2)9-22(14)13-4-3-5-13/h7-8,11,13-14H,3-6,9-10H2,1-2H3. The van der Waals surface area contributed by atoms with Crippen molar-refractivity contribution in [2.24, 2.45) is 7.05 Å². The van der Waals surface area contributed by atoms with E-state index in [4.69, 9.17) is 4.74 Å². The summed E-state index contributed by atoms with van der Waals surface area (Å²) in [5.41, 5.74) is 3.45. The van der Waals surface area contributed by atoms with Crippen LogP contribution in [0.3, 0.4) is 0 Å². The minimum Gasteiger partial charge on any atom is -0.475 e. The third-order valence-corrected chi connectivity index (χ3v) is 5.08. The summed E-state index contributed by atoms with van der Waals surface area (Å²) in [6.07, 6.45) is 10.3. The zero-order valence-electron chi connectivity index (χ0n) is 13.8. The first-order valence-electron chi connectivity index (χ1n) is 8.37. The molecule has 0 saturated heterocycles. The second-order valence-corrected chi connectivity index (χ2v) is 6.67. The first-order valence-corrected chi connectivity index (χ1v) is 8.37. The molecule has 0 bridgehead atoms. The molecule has 0 aromatic carbocycles. The first kappa shape index (κ1) is 14.6. The van der Waals surface area contributed by atoms with Crippen molar-refractivity contribution in [1.29, 1.82) is 0 Å². The van der Waals surface area contributed by atoms with E-state index in [0.717, 1.165) is 18.7 Å². The van der Waals surface area contributed by atoms with Crippen LogP contribution in [0.2, 0.25) is 0 Å². The normalized spacial score (nSPS) is 21.7. The lowest BCUT2D eigenvalue weighted by molar-refractivity contribution is 0.0343. The molecular weight excluding hydrogens is 290 g/mol. The van der Waals surface area contributed by atoms with Crippen LogP contribution in [0.5, 0.6) is 5.88 Å². The van der Waals surface area contributed by atoms with E-state index >= 15 is 0 Å². The topological polar surface area (TPSA) is 56.1 Å². The number of ether oxygens (including phenoxy) is 1. The molecule has 23 heavy (non-hydrogen) atoms. The van der Waals surface area contributed by atoms with Crippen molar-refractivity contribution in [2.75, 3.05) is 6.61 Å². The van der Waals surface area contributed by atoms with Gasteiger partial charge in [-0.25, -0.2) is 9.97 Å². The Morgan fingerprint density at radius 1 is 1.30 bits per heavy atom. The van der Waals surface area contributed by atoms with Gasteiger partial charge in [-0.3, -0.25) is 9.88 Å². The highest BCUT2D eigenvalue weighted by molar-refractivity contribution is 5.19. The van der Waals surface area contributed by atoms with Crippen LogP contribution in [0.1, 0.15) is 36.3 Å². The Morgan fingerprint density at radius 2 is 2.17 bits per heavy atom. The van der Waals surface area contributed by atoms with Crippen molar-refractivity contribution in [2.45, 2.75) is 51.2 Å². The van der Waals surface area contributed by atoms with Crippen LogP contribution in [0, 0.1) is 6.92 Å². The Labute approximate surface area is 136 Å². The molecule has 6 heteroatoms. The summed E-state index contributed by atoms with van der Waals surface area (Å²) in [5, 5.41) is 0. The molecule has 1 saturated carbocycles. The molecule has 2 aliphatic rings. The Balaban J connectivity index is 1.51. The van der Waals surface area contributed by atoms with Crippen molar-refractivity contribution < 1.29 is 4.74 Å². The second kappa shape index (κ2) is 5.92. The largest absolute Gasteiger partial charge is 0.475 e. The molecule has 1 unspecified atom stereocenters. The van der Waals surface area contributed by atoms with Crippen molar-refractivity contribution in [3.8, 4) is 5.88 Å². The Morgan fingerprint density at radius 3 is 2.91 bits per heavy atom. The van der Waals surface area contributed by atoms with E-state index in [1.54, 1.807) is 12.4 Å². The minimum absolute atomic E-state index is 0.380. The maximum atomic E-state index is 5.96. The fraction of sp³-hybridized carbons (Fsp3) is 0.588. The lowest BCUT2D eigenvalue weighted by Crippen LogP contribution is -2.52. The van der Waals surface area contributed by atoms with Crippen molar-refractivity contribution in [3.63, 3.8) is 0 Å². The zero-order chi connectivity index (χ0) is 15.8. The Kier molecular flexibility index (Phi) is 3.77. The average molecular weight is 313 g/mol. The molecule has 4 rings (SSSR count). The van der Waals surface area contributed by atoms with E-state index in [1.807, 2.05) is 13.3 Å². The van der Waals surface area contributed by atoms with Gasteiger partial charge in [0.05, 0.1) is 30.0 Å². The van der Waals surface area contributed by atoms with Crippen LogP contribution in [0.4, 0.5) is 0 Å². The summed E-state index contributed by atoms with van der Waals surface area (Å²) in [7, 11) is 2.08. The maximum Gasteiger partial charge on any atom is 0.232 e. The van der Waals surface area contributed by atoms with Crippen molar-refractivity contribution in [1.82, 2.24) is 24.4 Å². The van der Waals surface area contributed by atoms with E-state index in [2.05, 4.69) is 31.5 Å². The number of rotatable bonds is 4. The predicted octanol–water partition coefficient (Wildman–Crippen LogP) is 1.88. The highest BCUT2D eigenvalue weighted by Gasteiger charge is 2.36. The second-order valence-electron chi connectivity index (χ2n) is 6.67. The van der Waals surface area contributed by atoms with Gasteiger partial charge in [-0.15, -0.1) is 0 Å². The number of nitrogens with zero attached hydrogens (tertiary/aromatic N) is 5. The summed E-state index contributed by atoms with van der Waals surface area (Å²) < 4.78 is 8.11. The summed E-state index contributed by atoms with van der Waals surface area (Å²) in [4.78, 5) is 15.7. The first-order chi connectivity index (χ1) is 11.2. The third kappa shape index (κ3) is 2.83. The lowest BCUT2D eigenvalue weighted by atomic mass is 9.88. The Hall–Kier alpha value is -1.95. The SMILES string of the molecule is Cc1cncc(OCC2Cc3c(ncn3C)CN2C2CCC2)n1. The number of imidazole rings is 1. The van der Waals surface area contributed by atoms with Crippen LogP contribution in [-0.4, -0.2) is 43.1 Å². The lowest BCUT2D eigenvalue weighted by Gasteiger charge is -2.44. The van der Waals surface area contributed by atoms with E-state index in [9.17, 15) is 0 Å². The summed E-state index contributed by atoms with van der Waals surface area (Å²) in [5.74, 6) is 0.620. The van der Waals surface area contributed by atoms with Gasteiger partial charge < -0.3 is 9.30 Å². The smallest absolute Gasteiger partial charge is 0.232 e. The molecule has 1 aliphatic carbocycles. The third-order valence-electron chi connectivity index (χ3n) is 5.08. The fourth-order valence-corrected chi connectivity index (χ4v) is 3.53. The molecule has 0 N–H and O–H groups in total. The van der Waals surface area contributed by atoms with Crippen molar-refractivity contribution in [3.05, 3.63) is 35.8 Å². The number of aryl methyl sites for hydroxylation is 2. The molecule has 1 fully saturated rings. The molecular formula is C17H23N5O. The van der Waals surface area contributed by atoms with E-state index in [0.29, 0.717) is 24.6 Å². The number of hydrogen-bond acceptors (Lipinski definition) is 5. The molecule has 3 heterocycles. The average Bonchev–Trinajstić information content (AvgIpc) is 2.84. The minimum atomic E-state index is 0.380. The highest BCUT2D eigenvalue weighted by Crippen LogP contribution is 2.32. The van der Waals surface area contributed by atoms with Gasteiger partial charge in [-0.1, -0.05) is 6.42 Å². The predicted molar refractivity (Wildman–Crippen MR) is 86.1 cm³/mol. The van der Waals surface area contributed by atoms with Gasteiger partial charge in [0.2, 0.25) is 5.88 Å². The van der Waals surface area contributed by atoms with Crippen LogP contribution in [-0.2, 0) is 20.0 Å². The van der Waals surface area contributed by atoms with Crippen LogP contribution in [0.15, 0.2) is 18.7 Å². The number of aromatic nitrogens is 4. The molecule has 1 aliphatic heterocycles. The fourth-order valence-electron chi connectivity index (χ4n) is 3.53. The van der Waals surface area contributed by atoms with Crippen LogP contribution >= 0.6 is 0 Å². The van der Waals surface area contributed by atoms with Crippen LogP contribution < -0.4 is 4.74 Å². The van der Waals surface area contributed by atoms with E-state index in [-0.39, 0.29) is 0 Å². The summed E-state index contributed by atoms with van der Waals surface area (Å²) in [6.45, 7) is 3.52. The van der Waals surface area contributed by atoms with Gasteiger partial charge in [0.15, 0.2) is 0 Å². The summed E-state index contributed by atoms with van der Waals surface area (Å²) >= 11 is 0. The van der Waals surface area contributed by atoms with Gasteiger partial charge in [0.1, 0.15) is 6.61 Å². The van der Waals surface area contributed by atoms with Gasteiger partial charge in [-0.05, 0) is 19.8 Å². The molecule has 0 amide bonds.